The van der Waals surface area contributed by atoms with Crippen molar-refractivity contribution in [3.63, 3.8) is 0 Å². The van der Waals surface area contributed by atoms with Gasteiger partial charge in [0, 0.05) is 13.5 Å². The molecule has 1 aromatic rings. The largest absolute Gasteiger partial charge is 0.486 e. The number of methoxy groups -OCH3 is 1. The van der Waals surface area contributed by atoms with E-state index in [9.17, 15) is 0 Å². The Morgan fingerprint density at radius 1 is 1.62 bits per heavy atom. The molecule has 2 heterocycles. The highest BCUT2D eigenvalue weighted by Gasteiger charge is 2.34. The van der Waals surface area contributed by atoms with Crippen molar-refractivity contribution in [1.82, 2.24) is 0 Å². The van der Waals surface area contributed by atoms with E-state index in [2.05, 4.69) is 19.2 Å². The smallest absolute Gasteiger partial charge is 0.136 e. The highest BCUT2D eigenvalue weighted by molar-refractivity contribution is 7.10. The van der Waals surface area contributed by atoms with Crippen LogP contribution in [0.1, 0.15) is 31.2 Å². The third-order valence-corrected chi connectivity index (χ3v) is 3.29. The molecule has 0 saturated carbocycles. The first-order valence-corrected chi connectivity index (χ1v) is 5.29. The summed E-state index contributed by atoms with van der Waals surface area (Å²) in [5.74, 6) is 0.994. The number of hydrogen-bond donors (Lipinski definition) is 0. The van der Waals surface area contributed by atoms with E-state index in [1.807, 2.05) is 6.07 Å². The van der Waals surface area contributed by atoms with E-state index < -0.39 is 0 Å². The minimum absolute atomic E-state index is 0.102. The summed E-state index contributed by atoms with van der Waals surface area (Å²) in [6, 6.07) is 2.02. The van der Waals surface area contributed by atoms with E-state index in [0.29, 0.717) is 0 Å². The van der Waals surface area contributed by atoms with Gasteiger partial charge in [0.05, 0.1) is 11.0 Å². The molecule has 3 heteroatoms. The zero-order valence-corrected chi connectivity index (χ0v) is 8.98. The van der Waals surface area contributed by atoms with Gasteiger partial charge in [-0.15, -0.1) is 11.3 Å². The number of ether oxygens (including phenoxy) is 2. The van der Waals surface area contributed by atoms with Gasteiger partial charge in [0.15, 0.2) is 0 Å². The molecule has 0 amide bonds. The van der Waals surface area contributed by atoms with Crippen molar-refractivity contribution in [2.24, 2.45) is 0 Å². The highest BCUT2D eigenvalue weighted by atomic mass is 32.1. The predicted octanol–water partition coefficient (Wildman–Crippen LogP) is 3.00. The van der Waals surface area contributed by atoms with Gasteiger partial charge in [0.25, 0.3) is 0 Å². The fourth-order valence-electron chi connectivity index (χ4n) is 1.70. The second kappa shape index (κ2) is 3.00. The summed E-state index contributed by atoms with van der Waals surface area (Å²) in [7, 11) is 1.76. The van der Waals surface area contributed by atoms with Crippen molar-refractivity contribution in [3.8, 4) is 5.75 Å². The van der Waals surface area contributed by atoms with Crippen LogP contribution < -0.4 is 4.74 Å². The quantitative estimate of drug-likeness (QED) is 0.690. The summed E-state index contributed by atoms with van der Waals surface area (Å²) in [5.41, 5.74) is -0.102. The third-order valence-electron chi connectivity index (χ3n) is 2.30. The van der Waals surface area contributed by atoms with Crippen LogP contribution in [0, 0.1) is 0 Å². The normalized spacial score (nSPS) is 25.0. The molecule has 0 fully saturated rings. The van der Waals surface area contributed by atoms with E-state index >= 15 is 0 Å². The Bertz CT molecular complexity index is 304. The van der Waals surface area contributed by atoms with Crippen LogP contribution in [-0.4, -0.2) is 12.7 Å². The van der Waals surface area contributed by atoms with E-state index in [4.69, 9.17) is 9.47 Å². The molecule has 13 heavy (non-hydrogen) atoms. The van der Waals surface area contributed by atoms with Crippen LogP contribution in [0.5, 0.6) is 5.75 Å². The molecule has 0 saturated heterocycles. The van der Waals surface area contributed by atoms with Gasteiger partial charge in [-0.25, -0.2) is 0 Å². The van der Waals surface area contributed by atoms with Crippen LogP contribution in [-0.2, 0) is 4.74 Å². The van der Waals surface area contributed by atoms with E-state index in [1.165, 1.54) is 4.88 Å². The van der Waals surface area contributed by atoms with Gasteiger partial charge in [0.1, 0.15) is 11.4 Å². The summed E-state index contributed by atoms with van der Waals surface area (Å²) in [5, 5.41) is 2.05. The molecule has 72 valence electrons. The van der Waals surface area contributed by atoms with Crippen molar-refractivity contribution in [1.29, 1.82) is 0 Å². The minimum Gasteiger partial charge on any atom is -0.486 e. The molecule has 0 aliphatic carbocycles. The Morgan fingerprint density at radius 3 is 3.08 bits per heavy atom. The van der Waals surface area contributed by atoms with Gasteiger partial charge in [-0.3, -0.25) is 0 Å². The molecule has 1 atom stereocenters. The average Bonchev–Trinajstić information content (AvgIpc) is 2.48. The maximum absolute atomic E-state index is 5.82. The molecule has 1 aliphatic heterocycles. The van der Waals surface area contributed by atoms with Crippen LogP contribution in [0.2, 0.25) is 0 Å². The van der Waals surface area contributed by atoms with Crippen molar-refractivity contribution in [3.05, 3.63) is 16.3 Å². The molecular formula is C10H14O2S. The molecule has 0 radical (unpaired) electrons. The summed E-state index contributed by atoms with van der Waals surface area (Å²) in [6.07, 6.45) is 1.13. The van der Waals surface area contributed by atoms with Crippen molar-refractivity contribution < 1.29 is 9.47 Å². The van der Waals surface area contributed by atoms with E-state index in [-0.39, 0.29) is 11.7 Å². The van der Waals surface area contributed by atoms with E-state index in [0.717, 1.165) is 12.2 Å². The number of hydrogen-bond acceptors (Lipinski definition) is 3. The number of thiophene rings is 1. The van der Waals surface area contributed by atoms with Gasteiger partial charge < -0.3 is 9.47 Å². The fourth-order valence-corrected chi connectivity index (χ4v) is 2.59. The Labute approximate surface area is 82.5 Å². The van der Waals surface area contributed by atoms with Crippen molar-refractivity contribution in [2.45, 2.75) is 32.0 Å². The Balaban J connectivity index is 2.36. The molecule has 0 bridgehead atoms. The zero-order chi connectivity index (χ0) is 9.47. The molecule has 1 aliphatic rings. The van der Waals surface area contributed by atoms with Gasteiger partial charge in [0.2, 0.25) is 0 Å². The lowest BCUT2D eigenvalue weighted by molar-refractivity contribution is -0.00788. The number of fused-ring (bicyclic) bond motifs is 1. The first kappa shape index (κ1) is 9.03. The van der Waals surface area contributed by atoms with Crippen LogP contribution >= 0.6 is 11.3 Å². The third kappa shape index (κ3) is 1.58. The van der Waals surface area contributed by atoms with Crippen LogP contribution in [0.3, 0.4) is 0 Å². The molecule has 2 nitrogen and oxygen atoms in total. The lowest BCUT2D eigenvalue weighted by atomic mass is 9.96. The standard InChI is InChI=1S/C10H14O2S/c1-10(2)6-8(11-3)9-7(12-10)4-5-13-9/h4-5,8H,6H2,1-3H3. The zero-order valence-electron chi connectivity index (χ0n) is 8.16. The van der Waals surface area contributed by atoms with E-state index in [1.54, 1.807) is 18.4 Å². The summed E-state index contributed by atoms with van der Waals surface area (Å²) in [6.45, 7) is 4.19. The number of rotatable bonds is 1. The minimum atomic E-state index is -0.102. The Kier molecular flexibility index (Phi) is 2.08. The highest BCUT2D eigenvalue weighted by Crippen LogP contribution is 2.43. The summed E-state index contributed by atoms with van der Waals surface area (Å²) < 4.78 is 11.3. The van der Waals surface area contributed by atoms with Crippen molar-refractivity contribution in [2.75, 3.05) is 7.11 Å². The second-order valence-electron chi connectivity index (χ2n) is 3.94. The first-order valence-electron chi connectivity index (χ1n) is 4.41. The van der Waals surface area contributed by atoms with Gasteiger partial charge in [-0.05, 0) is 25.3 Å². The second-order valence-corrected chi connectivity index (χ2v) is 4.89. The maximum atomic E-state index is 5.82. The molecule has 1 unspecified atom stereocenters. The lowest BCUT2D eigenvalue weighted by Gasteiger charge is -2.35. The van der Waals surface area contributed by atoms with Gasteiger partial charge in [-0.2, -0.15) is 0 Å². The molecule has 0 aromatic carbocycles. The SMILES string of the molecule is COC1CC(C)(C)Oc2ccsc21. The Hall–Kier alpha value is -0.540. The first-order chi connectivity index (χ1) is 6.12. The maximum Gasteiger partial charge on any atom is 0.136 e. The van der Waals surface area contributed by atoms with Crippen LogP contribution in [0.4, 0.5) is 0 Å². The summed E-state index contributed by atoms with van der Waals surface area (Å²) >= 11 is 1.71. The fraction of sp³-hybridized carbons (Fsp3) is 0.600. The predicted molar refractivity (Wildman–Crippen MR) is 53.4 cm³/mol. The molecule has 1 aromatic heterocycles. The molecule has 0 N–H and O–H groups in total. The summed E-state index contributed by atoms with van der Waals surface area (Å²) in [4.78, 5) is 1.22. The topological polar surface area (TPSA) is 18.5 Å². The van der Waals surface area contributed by atoms with Crippen LogP contribution in [0.15, 0.2) is 11.4 Å². The van der Waals surface area contributed by atoms with Crippen molar-refractivity contribution >= 4 is 11.3 Å². The van der Waals surface area contributed by atoms with Gasteiger partial charge in [-0.1, -0.05) is 0 Å². The Morgan fingerprint density at radius 2 is 2.38 bits per heavy atom. The molecule has 0 spiro atoms. The van der Waals surface area contributed by atoms with Gasteiger partial charge >= 0.3 is 0 Å². The van der Waals surface area contributed by atoms with Crippen LogP contribution in [0.25, 0.3) is 0 Å². The molecule has 2 rings (SSSR count). The molecular weight excluding hydrogens is 184 g/mol. The monoisotopic (exact) mass is 198 g/mol. The average molecular weight is 198 g/mol. The lowest BCUT2D eigenvalue weighted by Crippen LogP contribution is -2.34.